The lowest BCUT2D eigenvalue weighted by Crippen LogP contribution is -1.61. The fourth-order valence-electron chi connectivity index (χ4n) is 0.0833. The summed E-state index contributed by atoms with van der Waals surface area (Å²) in [4.78, 5) is 0. The second-order valence-electron chi connectivity index (χ2n) is 0.730. The fraction of sp³-hybridized carbons (Fsp3) is 0.750. The molecule has 1 heteroatoms. The highest BCUT2D eigenvalue weighted by molar-refractivity contribution is 7.78. The van der Waals surface area contributed by atoms with Crippen LogP contribution >= 0.6 is 12.2 Å². The lowest BCUT2D eigenvalue weighted by atomic mass is 10.4. The van der Waals surface area contributed by atoms with Crippen molar-refractivity contribution in [2.75, 3.05) is 0 Å². The zero-order chi connectivity index (χ0) is 5.86. The van der Waals surface area contributed by atoms with Crippen molar-refractivity contribution in [3.05, 3.63) is 0 Å². The van der Waals surface area contributed by atoms with E-state index >= 15 is 0 Å². The standard InChI is InChI=1S/C4H8S/c1-2-3-4-5/h4H,2-3H2,1H3/i3T,4D. The van der Waals surface area contributed by atoms with Gasteiger partial charge in [0, 0.05) is 1.37 Å². The molecule has 0 saturated heterocycles. The highest BCUT2D eigenvalue weighted by Crippen LogP contribution is 1.77. The molecule has 0 aromatic carbocycles. The third kappa shape index (κ3) is 4.09. The molecule has 0 saturated carbocycles. The first kappa shape index (κ1) is 2.30. The van der Waals surface area contributed by atoms with Gasteiger partial charge in [-0.25, -0.2) is 0 Å². The van der Waals surface area contributed by atoms with Crippen LogP contribution in [0.5, 0.6) is 0 Å². The summed E-state index contributed by atoms with van der Waals surface area (Å²) in [7, 11) is 0. The first-order chi connectivity index (χ1) is 3.18. The average Bonchev–Trinajstić information content (AvgIpc) is 1.65. The molecule has 0 aliphatic rings. The van der Waals surface area contributed by atoms with Gasteiger partial charge in [-0.2, -0.15) is 0 Å². The summed E-state index contributed by atoms with van der Waals surface area (Å²) in [6.45, 7) is 1.85. The van der Waals surface area contributed by atoms with Gasteiger partial charge in [0.2, 0.25) is 0 Å². The Hall–Kier alpha value is 0.0900. The van der Waals surface area contributed by atoms with E-state index in [1.165, 1.54) is 0 Å². The molecule has 0 aromatic rings. The van der Waals surface area contributed by atoms with Gasteiger partial charge in [0.05, 0.1) is 1.37 Å². The third-order valence-electron chi connectivity index (χ3n) is 0.287. The number of hydrogen-bond acceptors (Lipinski definition) is 1. The highest BCUT2D eigenvalue weighted by Gasteiger charge is 1.63. The van der Waals surface area contributed by atoms with Crippen molar-refractivity contribution in [2.24, 2.45) is 0 Å². The van der Waals surface area contributed by atoms with Crippen LogP contribution in [0, 0.1) is 0 Å². The van der Waals surface area contributed by atoms with E-state index in [1.807, 2.05) is 6.92 Å². The molecule has 5 heavy (non-hydrogen) atoms. The summed E-state index contributed by atoms with van der Waals surface area (Å²) in [6.07, 6.45) is 0.206. The summed E-state index contributed by atoms with van der Waals surface area (Å²) < 4.78 is 13.7. The molecule has 0 spiro atoms. The molecule has 0 bridgehead atoms. The van der Waals surface area contributed by atoms with E-state index in [4.69, 9.17) is 2.74 Å². The zero-order valence-electron chi connectivity index (χ0n) is 5.19. The fourth-order valence-corrected chi connectivity index (χ4v) is 0.250. The van der Waals surface area contributed by atoms with Crippen LogP contribution in [0.4, 0.5) is 0 Å². The van der Waals surface area contributed by atoms with Crippen molar-refractivity contribution in [1.82, 2.24) is 0 Å². The van der Waals surface area contributed by atoms with E-state index in [1.54, 1.807) is 0 Å². The number of thiocarbonyl (C=S) groups is 1. The van der Waals surface area contributed by atoms with Crippen molar-refractivity contribution in [3.63, 3.8) is 0 Å². The van der Waals surface area contributed by atoms with Crippen LogP contribution in [0.25, 0.3) is 0 Å². The van der Waals surface area contributed by atoms with Crippen LogP contribution < -0.4 is 0 Å². The third-order valence-corrected chi connectivity index (χ3v) is 0.454. The van der Waals surface area contributed by atoms with Gasteiger partial charge in [-0.15, -0.1) is 0 Å². The Bertz CT molecular complexity index is 72.1. The lowest BCUT2D eigenvalue weighted by molar-refractivity contribution is 1.02. The molecule has 1 unspecified atom stereocenters. The Morgan fingerprint density at radius 2 is 3.20 bits per heavy atom. The molecule has 0 fully saturated rings. The molecular weight excluding hydrogens is 80.1 g/mol. The predicted molar refractivity (Wildman–Crippen MR) is 28.6 cm³/mol. The monoisotopic (exact) mass is 91.0 g/mol. The summed E-state index contributed by atoms with van der Waals surface area (Å²) in [5.74, 6) is 0. The number of hydrogen-bond donors (Lipinski definition) is 0. The maximum atomic E-state index is 6.95. The van der Waals surface area contributed by atoms with Crippen LogP contribution in [0.2, 0.25) is 0 Å². The average molecular weight is 91.2 g/mol. The maximum absolute atomic E-state index is 6.95. The normalized spacial score (nSPS) is 19.4. The minimum Gasteiger partial charge on any atom is -0.0935 e. The van der Waals surface area contributed by atoms with E-state index in [0.29, 0.717) is 6.42 Å². The maximum Gasteiger partial charge on any atom is 0.0700 e. The van der Waals surface area contributed by atoms with Crippen LogP contribution in [0.15, 0.2) is 0 Å². The quantitative estimate of drug-likeness (QED) is 0.467. The lowest BCUT2D eigenvalue weighted by Gasteiger charge is -1.71. The molecule has 0 nitrogen and oxygen atoms in total. The van der Waals surface area contributed by atoms with Crippen LogP contribution in [0.1, 0.15) is 22.5 Å². The van der Waals surface area contributed by atoms with Crippen LogP contribution in [-0.2, 0) is 0 Å². The van der Waals surface area contributed by atoms with Crippen LogP contribution in [-0.4, -0.2) is 5.34 Å². The topological polar surface area (TPSA) is 0 Å². The Balaban J connectivity index is 3.34. The minimum absolute atomic E-state index is 0.0440. The smallest absolute Gasteiger partial charge is 0.0700 e. The van der Waals surface area contributed by atoms with Crippen LogP contribution in [0.3, 0.4) is 0 Å². The summed E-state index contributed by atoms with van der Waals surface area (Å²) in [6, 6.07) is 0. The van der Waals surface area contributed by atoms with Crippen molar-refractivity contribution >= 4 is 17.6 Å². The Kier molecular flexibility index (Phi) is 1.88. The largest absolute Gasteiger partial charge is 0.0935 e. The van der Waals surface area contributed by atoms with Gasteiger partial charge in [0.15, 0.2) is 0 Å². The van der Waals surface area contributed by atoms with Gasteiger partial charge in [-0.05, 0) is 11.7 Å². The molecule has 0 N–H and O–H groups in total. The van der Waals surface area contributed by atoms with E-state index in [9.17, 15) is 0 Å². The van der Waals surface area contributed by atoms with Crippen molar-refractivity contribution in [2.45, 2.75) is 19.7 Å². The van der Waals surface area contributed by atoms with Crippen molar-refractivity contribution in [1.29, 1.82) is 0 Å². The zero-order valence-corrected chi connectivity index (χ0v) is 4.01. The molecule has 0 radical (unpaired) electrons. The summed E-state index contributed by atoms with van der Waals surface area (Å²) in [5.41, 5.74) is 0. The minimum atomic E-state index is -0.449. The molecule has 0 aliphatic carbocycles. The Morgan fingerprint density at radius 3 is 3.20 bits per heavy atom. The van der Waals surface area contributed by atoms with Crippen molar-refractivity contribution in [3.8, 4) is 0 Å². The first-order valence-corrected chi connectivity index (χ1v) is 2.02. The predicted octanol–water partition coefficient (Wildman–Crippen LogP) is 1.79. The molecule has 30 valence electrons. The molecule has 1 atom stereocenters. The Labute approximate surface area is 41.0 Å². The summed E-state index contributed by atoms with van der Waals surface area (Å²) in [5, 5.41) is 0.0440. The first-order valence-electron chi connectivity index (χ1n) is 2.69. The summed E-state index contributed by atoms with van der Waals surface area (Å²) >= 11 is 4.40. The van der Waals surface area contributed by atoms with Gasteiger partial charge < -0.3 is 0 Å². The van der Waals surface area contributed by atoms with E-state index in [-0.39, 0.29) is 5.34 Å². The van der Waals surface area contributed by atoms with E-state index < -0.39 is 6.40 Å². The second-order valence-corrected chi connectivity index (χ2v) is 0.966. The Morgan fingerprint density at radius 1 is 2.60 bits per heavy atom. The molecular formula is C4H8S. The van der Waals surface area contributed by atoms with Gasteiger partial charge >= 0.3 is 0 Å². The SMILES string of the molecule is [2H]C(=S)C([3H])CC. The molecule has 0 aliphatic heterocycles. The molecule has 0 aromatic heterocycles. The molecule has 0 amide bonds. The van der Waals surface area contributed by atoms with Crippen molar-refractivity contribution < 1.29 is 2.74 Å². The molecule has 0 heterocycles. The highest BCUT2D eigenvalue weighted by atomic mass is 32.1. The van der Waals surface area contributed by atoms with E-state index in [2.05, 4.69) is 12.2 Å². The van der Waals surface area contributed by atoms with Gasteiger partial charge in [-0.3, -0.25) is 0 Å². The molecule has 0 rings (SSSR count). The van der Waals surface area contributed by atoms with Gasteiger partial charge in [0.1, 0.15) is 0 Å². The van der Waals surface area contributed by atoms with E-state index in [0.717, 1.165) is 0 Å². The van der Waals surface area contributed by atoms with Gasteiger partial charge in [-0.1, -0.05) is 25.6 Å². The second kappa shape index (κ2) is 4.09. The van der Waals surface area contributed by atoms with Gasteiger partial charge in [0.25, 0.3) is 0 Å². The number of rotatable bonds is 2.